The van der Waals surface area contributed by atoms with Gasteiger partial charge in [-0.2, -0.15) is 0 Å². The molecule has 1 fully saturated rings. The number of hydrogen-bond donors (Lipinski definition) is 0. The van der Waals surface area contributed by atoms with E-state index >= 15 is 0 Å². The fourth-order valence-corrected chi connectivity index (χ4v) is 2.65. The highest BCUT2D eigenvalue weighted by Gasteiger charge is 2.23. The average Bonchev–Trinajstić information content (AvgIpc) is 2.37. The molecule has 4 nitrogen and oxygen atoms in total. The Bertz CT molecular complexity index is 293. The normalized spacial score (nSPS) is 19.7. The first kappa shape index (κ1) is 20.4. The van der Waals surface area contributed by atoms with Crippen molar-refractivity contribution in [2.24, 2.45) is 11.8 Å². The highest BCUT2D eigenvalue weighted by Crippen LogP contribution is 2.11. The van der Waals surface area contributed by atoms with Crippen LogP contribution in [-0.4, -0.2) is 61.6 Å². The number of carbonyl (C=O) groups excluding carboxylic acids is 1. The summed E-state index contributed by atoms with van der Waals surface area (Å²) < 4.78 is 5.80. The summed E-state index contributed by atoms with van der Waals surface area (Å²) in [7, 11) is 1.88. The Balaban J connectivity index is 0.00000400. The number of amides is 1. The molecule has 0 bridgehead atoms. The van der Waals surface area contributed by atoms with Crippen LogP contribution >= 0.6 is 0 Å². The first-order chi connectivity index (χ1) is 9.40. The molecule has 4 heteroatoms. The van der Waals surface area contributed by atoms with E-state index in [2.05, 4.69) is 18.7 Å². The first-order valence-electron chi connectivity index (χ1n) is 7.99. The molecule has 0 aliphatic carbocycles. The second-order valence-corrected chi connectivity index (χ2v) is 6.70. The number of morpholine rings is 1. The van der Waals surface area contributed by atoms with E-state index in [9.17, 15) is 4.79 Å². The zero-order valence-electron chi connectivity index (χ0n) is 13.9. The molecule has 0 aromatic rings. The van der Waals surface area contributed by atoms with Crippen LogP contribution in [0.4, 0.5) is 0 Å². The summed E-state index contributed by atoms with van der Waals surface area (Å²) in [6.45, 7) is 13.1. The predicted octanol–water partition coefficient (Wildman–Crippen LogP) is 2.87. The van der Waals surface area contributed by atoms with Gasteiger partial charge in [0.15, 0.2) is 0 Å². The zero-order valence-corrected chi connectivity index (χ0v) is 13.9. The average molecular weight is 300 g/mol. The Morgan fingerprint density at radius 3 is 2.57 bits per heavy atom. The Kier molecular flexibility index (Phi) is 9.88. The van der Waals surface area contributed by atoms with Gasteiger partial charge in [0.2, 0.25) is 5.91 Å². The van der Waals surface area contributed by atoms with Gasteiger partial charge in [-0.05, 0) is 25.3 Å². The summed E-state index contributed by atoms with van der Waals surface area (Å²) >= 11 is 0. The van der Waals surface area contributed by atoms with Crippen LogP contribution < -0.4 is 0 Å². The molecule has 1 aliphatic rings. The maximum absolute atomic E-state index is 11.9. The Labute approximate surface area is 131 Å². The van der Waals surface area contributed by atoms with E-state index < -0.39 is 0 Å². The van der Waals surface area contributed by atoms with Crippen LogP contribution in [0.1, 0.15) is 48.0 Å². The molecule has 0 unspecified atom stereocenters. The van der Waals surface area contributed by atoms with Crippen molar-refractivity contribution in [2.75, 3.05) is 39.8 Å². The van der Waals surface area contributed by atoms with E-state index in [1.165, 1.54) is 12.8 Å². The zero-order chi connectivity index (χ0) is 15.1. The largest absolute Gasteiger partial charge is 0.374 e. The van der Waals surface area contributed by atoms with Gasteiger partial charge in [0.1, 0.15) is 0 Å². The molecular formula is C17H36N2O2. The molecule has 1 atom stereocenters. The predicted molar refractivity (Wildman–Crippen MR) is 89.5 cm³/mol. The molecule has 0 spiro atoms. The second kappa shape index (κ2) is 10.2. The highest BCUT2D eigenvalue weighted by molar-refractivity contribution is 5.77. The number of hydrogen-bond acceptors (Lipinski definition) is 3. The fraction of sp³-hybridized carbons (Fsp3) is 0.941. The van der Waals surface area contributed by atoms with E-state index in [-0.39, 0.29) is 25.4 Å². The van der Waals surface area contributed by atoms with Gasteiger partial charge < -0.3 is 9.64 Å². The van der Waals surface area contributed by atoms with Crippen molar-refractivity contribution in [2.45, 2.75) is 54.1 Å². The van der Waals surface area contributed by atoms with Crippen molar-refractivity contribution in [3.63, 3.8) is 0 Å². The first-order valence-corrected chi connectivity index (χ1v) is 7.99. The molecule has 0 radical (unpaired) electrons. The van der Waals surface area contributed by atoms with Gasteiger partial charge in [-0.25, -0.2) is 0 Å². The third kappa shape index (κ3) is 7.82. The Morgan fingerprint density at radius 1 is 1.33 bits per heavy atom. The molecule has 21 heavy (non-hydrogen) atoms. The summed E-state index contributed by atoms with van der Waals surface area (Å²) in [5.41, 5.74) is 0. The molecule has 1 saturated heterocycles. The summed E-state index contributed by atoms with van der Waals surface area (Å²) in [5.74, 6) is 1.04. The highest BCUT2D eigenvalue weighted by atomic mass is 16.5. The van der Waals surface area contributed by atoms with Gasteiger partial charge in [0.25, 0.3) is 0 Å². The third-order valence-electron chi connectivity index (χ3n) is 3.83. The lowest BCUT2D eigenvalue weighted by Crippen LogP contribution is -2.48. The minimum Gasteiger partial charge on any atom is -0.374 e. The third-order valence-corrected chi connectivity index (χ3v) is 3.83. The summed E-state index contributed by atoms with van der Waals surface area (Å²) in [6.07, 6.45) is 2.70. The minimum atomic E-state index is 0. The molecule has 0 aromatic heterocycles. The molecular weight excluding hydrogens is 264 g/mol. The van der Waals surface area contributed by atoms with Crippen LogP contribution in [0.5, 0.6) is 0 Å². The van der Waals surface area contributed by atoms with E-state index in [4.69, 9.17) is 4.74 Å². The lowest BCUT2D eigenvalue weighted by Gasteiger charge is -2.35. The van der Waals surface area contributed by atoms with Crippen LogP contribution in [0, 0.1) is 11.8 Å². The van der Waals surface area contributed by atoms with Crippen molar-refractivity contribution in [1.82, 2.24) is 9.80 Å². The van der Waals surface area contributed by atoms with Gasteiger partial charge >= 0.3 is 0 Å². The summed E-state index contributed by atoms with van der Waals surface area (Å²) in [6, 6.07) is 0. The molecule has 0 aromatic carbocycles. The number of carbonyl (C=O) groups is 1. The van der Waals surface area contributed by atoms with Crippen LogP contribution in [0.3, 0.4) is 0 Å². The monoisotopic (exact) mass is 300 g/mol. The SMILES string of the molecule is C.CC(C)CCCN1CCO[C@H](CN(C)C(=O)C(C)C)C1. The van der Waals surface area contributed by atoms with Crippen LogP contribution in [0.25, 0.3) is 0 Å². The lowest BCUT2D eigenvalue weighted by atomic mass is 10.1. The molecule has 1 heterocycles. The van der Waals surface area contributed by atoms with Crippen LogP contribution in [0.15, 0.2) is 0 Å². The van der Waals surface area contributed by atoms with Crippen LogP contribution in [0.2, 0.25) is 0 Å². The number of likely N-dealkylation sites (N-methyl/N-ethyl adjacent to an activating group) is 1. The van der Waals surface area contributed by atoms with Gasteiger partial charge in [-0.1, -0.05) is 35.1 Å². The van der Waals surface area contributed by atoms with Gasteiger partial charge in [0, 0.05) is 32.6 Å². The minimum absolute atomic E-state index is 0. The smallest absolute Gasteiger partial charge is 0.224 e. The van der Waals surface area contributed by atoms with Gasteiger partial charge in [-0.3, -0.25) is 9.69 Å². The maximum atomic E-state index is 11.9. The molecule has 126 valence electrons. The number of ether oxygens (including phenoxy) is 1. The molecule has 1 rings (SSSR count). The van der Waals surface area contributed by atoms with Crippen molar-refractivity contribution in [3.05, 3.63) is 0 Å². The number of nitrogens with zero attached hydrogens (tertiary/aromatic N) is 2. The van der Waals surface area contributed by atoms with Crippen molar-refractivity contribution in [3.8, 4) is 0 Å². The fourth-order valence-electron chi connectivity index (χ4n) is 2.65. The van der Waals surface area contributed by atoms with Crippen molar-refractivity contribution < 1.29 is 9.53 Å². The van der Waals surface area contributed by atoms with Crippen molar-refractivity contribution >= 4 is 5.91 Å². The Morgan fingerprint density at radius 2 is 2.00 bits per heavy atom. The standard InChI is InChI=1S/C16H32N2O2.CH4/c1-13(2)7-6-8-18-9-10-20-15(12-18)11-17(5)16(19)14(3)4;/h13-15H,6-12H2,1-5H3;1H4/t15-;/m1./s1. The van der Waals surface area contributed by atoms with E-state index in [1.807, 2.05) is 25.8 Å². The molecule has 1 aliphatic heterocycles. The van der Waals surface area contributed by atoms with E-state index in [1.54, 1.807) is 0 Å². The van der Waals surface area contributed by atoms with Gasteiger partial charge in [-0.15, -0.1) is 0 Å². The summed E-state index contributed by atoms with van der Waals surface area (Å²) in [4.78, 5) is 16.2. The lowest BCUT2D eigenvalue weighted by molar-refractivity contribution is -0.136. The van der Waals surface area contributed by atoms with Gasteiger partial charge in [0.05, 0.1) is 12.7 Å². The summed E-state index contributed by atoms with van der Waals surface area (Å²) in [5, 5.41) is 0. The maximum Gasteiger partial charge on any atom is 0.224 e. The molecule has 0 N–H and O–H groups in total. The Hall–Kier alpha value is -0.610. The van der Waals surface area contributed by atoms with E-state index in [0.29, 0.717) is 6.54 Å². The van der Waals surface area contributed by atoms with Crippen molar-refractivity contribution in [1.29, 1.82) is 0 Å². The quantitative estimate of drug-likeness (QED) is 0.725. The molecule has 1 amide bonds. The topological polar surface area (TPSA) is 32.8 Å². The van der Waals surface area contributed by atoms with E-state index in [0.717, 1.165) is 32.2 Å². The number of rotatable bonds is 7. The second-order valence-electron chi connectivity index (χ2n) is 6.70. The molecule has 0 saturated carbocycles. The van der Waals surface area contributed by atoms with Crippen LogP contribution in [-0.2, 0) is 9.53 Å².